The smallest absolute Gasteiger partial charge is 0.210 e. The molecule has 0 aliphatic carbocycles. The van der Waals surface area contributed by atoms with E-state index in [9.17, 15) is 0 Å². The van der Waals surface area contributed by atoms with Gasteiger partial charge in [0.2, 0.25) is 5.28 Å². The lowest BCUT2D eigenvalue weighted by molar-refractivity contribution is 0.631. The van der Waals surface area contributed by atoms with Crippen LogP contribution in [0, 0.1) is 0 Å². The third-order valence-corrected chi connectivity index (χ3v) is 2.98. The molecule has 13 heavy (non-hydrogen) atoms. The molecule has 4 heteroatoms. The summed E-state index contributed by atoms with van der Waals surface area (Å²) in [5, 5.41) is 1.47. The first-order chi connectivity index (χ1) is 6.33. The van der Waals surface area contributed by atoms with Crippen molar-refractivity contribution in [3.05, 3.63) is 10.3 Å². The molecular weight excluding hydrogens is 204 g/mol. The van der Waals surface area contributed by atoms with Crippen molar-refractivity contribution in [2.75, 3.05) is 0 Å². The van der Waals surface area contributed by atoms with E-state index < -0.39 is 0 Å². The summed E-state index contributed by atoms with van der Waals surface area (Å²) in [5.74, 6) is 0. The Morgan fingerprint density at radius 3 is 2.62 bits per heavy atom. The number of aryl methyl sites for hydroxylation is 1. The van der Waals surface area contributed by atoms with Crippen molar-refractivity contribution in [3.8, 4) is 0 Å². The first-order valence-corrected chi connectivity index (χ1v) is 5.96. The van der Waals surface area contributed by atoms with Gasteiger partial charge in [0.05, 0.1) is 0 Å². The molecule has 1 aromatic rings. The third kappa shape index (κ3) is 4.58. The number of unbranched alkanes of at least 4 members (excludes halogenated alkanes) is 4. The van der Waals surface area contributed by atoms with Gasteiger partial charge in [0.15, 0.2) is 0 Å². The van der Waals surface area contributed by atoms with Crippen molar-refractivity contribution in [1.29, 1.82) is 0 Å². The Morgan fingerprint density at radius 1 is 1.23 bits per heavy atom. The molecule has 0 unspecified atom stereocenters. The summed E-state index contributed by atoms with van der Waals surface area (Å²) in [7, 11) is 0. The second kappa shape index (κ2) is 6.33. The van der Waals surface area contributed by atoms with E-state index in [0.717, 1.165) is 11.4 Å². The Labute approximate surface area is 88.5 Å². The Morgan fingerprint density at radius 2 is 2.00 bits per heavy atom. The van der Waals surface area contributed by atoms with Crippen LogP contribution in [-0.4, -0.2) is 9.36 Å². The molecule has 1 aromatic heterocycles. The SMILES string of the molecule is CCCCCCCc1nc(Cl)ns1. The Balaban J connectivity index is 2.06. The minimum absolute atomic E-state index is 0.397. The lowest BCUT2D eigenvalue weighted by atomic mass is 10.1. The number of halogens is 1. The van der Waals surface area contributed by atoms with E-state index in [-0.39, 0.29) is 0 Å². The van der Waals surface area contributed by atoms with Gasteiger partial charge in [-0.15, -0.1) is 0 Å². The quantitative estimate of drug-likeness (QED) is 0.681. The summed E-state index contributed by atoms with van der Waals surface area (Å²) >= 11 is 7.03. The fourth-order valence-electron chi connectivity index (χ4n) is 1.22. The zero-order valence-electron chi connectivity index (χ0n) is 7.92. The van der Waals surface area contributed by atoms with E-state index >= 15 is 0 Å². The van der Waals surface area contributed by atoms with Gasteiger partial charge < -0.3 is 0 Å². The van der Waals surface area contributed by atoms with Gasteiger partial charge in [0, 0.05) is 6.42 Å². The van der Waals surface area contributed by atoms with E-state index in [1.807, 2.05) is 0 Å². The molecule has 0 aromatic carbocycles. The second-order valence-corrected chi connectivity index (χ2v) is 4.30. The Kier molecular flexibility index (Phi) is 5.32. The molecule has 0 atom stereocenters. The van der Waals surface area contributed by atoms with Crippen LogP contribution in [0.25, 0.3) is 0 Å². The minimum Gasteiger partial charge on any atom is -0.210 e. The maximum absolute atomic E-state index is 5.61. The molecule has 0 radical (unpaired) electrons. The molecule has 0 amide bonds. The van der Waals surface area contributed by atoms with Crippen molar-refractivity contribution >= 4 is 23.1 Å². The number of nitrogens with zero attached hydrogens (tertiary/aromatic N) is 2. The van der Waals surface area contributed by atoms with Crippen LogP contribution in [0.2, 0.25) is 5.28 Å². The van der Waals surface area contributed by atoms with E-state index in [0.29, 0.717) is 5.28 Å². The lowest BCUT2D eigenvalue weighted by Gasteiger charge is -1.96. The molecule has 74 valence electrons. The summed E-state index contributed by atoms with van der Waals surface area (Å²) in [6, 6.07) is 0. The number of aromatic nitrogens is 2. The zero-order valence-corrected chi connectivity index (χ0v) is 9.50. The highest BCUT2D eigenvalue weighted by Gasteiger charge is 2.00. The lowest BCUT2D eigenvalue weighted by Crippen LogP contribution is -1.84. The van der Waals surface area contributed by atoms with Crippen LogP contribution in [0.3, 0.4) is 0 Å². The van der Waals surface area contributed by atoms with Crippen molar-refractivity contribution in [2.45, 2.75) is 45.4 Å². The fraction of sp³-hybridized carbons (Fsp3) is 0.778. The number of hydrogen-bond donors (Lipinski definition) is 0. The predicted molar refractivity (Wildman–Crippen MR) is 57.4 cm³/mol. The zero-order chi connectivity index (χ0) is 9.52. The van der Waals surface area contributed by atoms with Crippen molar-refractivity contribution in [2.24, 2.45) is 0 Å². The van der Waals surface area contributed by atoms with Gasteiger partial charge in [-0.25, -0.2) is 4.98 Å². The first-order valence-electron chi connectivity index (χ1n) is 4.81. The fourth-order valence-corrected chi connectivity index (χ4v) is 2.06. The average molecular weight is 219 g/mol. The van der Waals surface area contributed by atoms with Crippen LogP contribution in [0.15, 0.2) is 0 Å². The number of rotatable bonds is 6. The summed E-state index contributed by atoms with van der Waals surface area (Å²) in [6.07, 6.45) is 7.52. The summed E-state index contributed by atoms with van der Waals surface area (Å²) in [5.41, 5.74) is 0. The summed E-state index contributed by atoms with van der Waals surface area (Å²) in [6.45, 7) is 2.23. The molecular formula is C9H15ClN2S. The van der Waals surface area contributed by atoms with Gasteiger partial charge in [-0.2, -0.15) is 4.37 Å². The highest BCUT2D eigenvalue weighted by atomic mass is 35.5. The van der Waals surface area contributed by atoms with Crippen LogP contribution in [0.5, 0.6) is 0 Å². The molecule has 0 N–H and O–H groups in total. The Hall–Kier alpha value is -0.150. The Bertz CT molecular complexity index is 237. The van der Waals surface area contributed by atoms with Gasteiger partial charge in [-0.05, 0) is 29.6 Å². The highest BCUT2D eigenvalue weighted by molar-refractivity contribution is 7.05. The van der Waals surface area contributed by atoms with Gasteiger partial charge in [0.25, 0.3) is 0 Å². The maximum Gasteiger partial charge on any atom is 0.234 e. The molecule has 0 fully saturated rings. The van der Waals surface area contributed by atoms with E-state index in [1.54, 1.807) is 0 Å². The molecule has 0 saturated carbocycles. The highest BCUT2D eigenvalue weighted by Crippen LogP contribution is 2.13. The largest absolute Gasteiger partial charge is 0.234 e. The topological polar surface area (TPSA) is 25.8 Å². The van der Waals surface area contributed by atoms with Crippen molar-refractivity contribution in [1.82, 2.24) is 9.36 Å². The molecule has 0 saturated heterocycles. The number of hydrogen-bond acceptors (Lipinski definition) is 3. The van der Waals surface area contributed by atoms with E-state index in [2.05, 4.69) is 16.3 Å². The molecule has 0 aliphatic heterocycles. The molecule has 0 aliphatic rings. The van der Waals surface area contributed by atoms with E-state index in [1.165, 1.54) is 43.6 Å². The summed E-state index contributed by atoms with van der Waals surface area (Å²) < 4.78 is 3.93. The molecule has 0 bridgehead atoms. The van der Waals surface area contributed by atoms with Crippen LogP contribution >= 0.6 is 23.1 Å². The monoisotopic (exact) mass is 218 g/mol. The third-order valence-electron chi connectivity index (χ3n) is 1.94. The normalized spacial score (nSPS) is 10.6. The van der Waals surface area contributed by atoms with Crippen LogP contribution < -0.4 is 0 Å². The van der Waals surface area contributed by atoms with Gasteiger partial charge in [0.1, 0.15) is 5.01 Å². The minimum atomic E-state index is 0.397. The van der Waals surface area contributed by atoms with Crippen LogP contribution in [-0.2, 0) is 6.42 Å². The molecule has 0 spiro atoms. The molecule has 2 nitrogen and oxygen atoms in total. The first kappa shape index (κ1) is 10.9. The second-order valence-electron chi connectivity index (χ2n) is 3.12. The molecule has 1 rings (SSSR count). The predicted octanol–water partition coefficient (Wildman–Crippen LogP) is 3.70. The van der Waals surface area contributed by atoms with Gasteiger partial charge >= 0.3 is 0 Å². The van der Waals surface area contributed by atoms with Crippen LogP contribution in [0.4, 0.5) is 0 Å². The van der Waals surface area contributed by atoms with Gasteiger partial charge in [-0.1, -0.05) is 32.6 Å². The van der Waals surface area contributed by atoms with Gasteiger partial charge in [-0.3, -0.25) is 0 Å². The summed E-state index contributed by atoms with van der Waals surface area (Å²) in [4.78, 5) is 4.10. The van der Waals surface area contributed by atoms with Crippen LogP contribution in [0.1, 0.15) is 44.0 Å². The van der Waals surface area contributed by atoms with E-state index in [4.69, 9.17) is 11.6 Å². The average Bonchev–Trinajstić information content (AvgIpc) is 2.51. The maximum atomic E-state index is 5.61. The van der Waals surface area contributed by atoms with Crippen molar-refractivity contribution in [3.63, 3.8) is 0 Å². The molecule has 1 heterocycles. The van der Waals surface area contributed by atoms with Crippen molar-refractivity contribution < 1.29 is 0 Å². The standard InChI is InChI=1S/C9H15ClN2S/c1-2-3-4-5-6-7-8-11-9(10)12-13-8/h2-7H2,1H3.